The molecule has 0 bridgehead atoms. The number of nitrogens with one attached hydrogen (secondary N) is 1. The Labute approximate surface area is 189 Å². The van der Waals surface area contributed by atoms with E-state index in [1.54, 1.807) is 26.0 Å². The van der Waals surface area contributed by atoms with E-state index < -0.39 is 20.0 Å². The molecule has 0 aliphatic carbocycles. The molecule has 0 unspecified atom stereocenters. The molecule has 1 aliphatic rings. The van der Waals surface area contributed by atoms with Gasteiger partial charge in [0.05, 0.1) is 43.4 Å². The molecule has 3 rings (SSSR count). The summed E-state index contributed by atoms with van der Waals surface area (Å²) >= 11 is 0. The minimum Gasteiger partial charge on any atom is -0.493 e. The lowest BCUT2D eigenvalue weighted by atomic mass is 10.1. The number of sulfonamides is 2. The molecule has 1 fully saturated rings. The van der Waals surface area contributed by atoms with E-state index in [1.165, 1.54) is 37.8 Å². The first-order valence-corrected chi connectivity index (χ1v) is 13.1. The Morgan fingerprint density at radius 3 is 1.94 bits per heavy atom. The molecule has 2 aromatic rings. The van der Waals surface area contributed by atoms with Crippen LogP contribution in [0.1, 0.15) is 24.0 Å². The fourth-order valence-electron chi connectivity index (χ4n) is 3.92. The number of aryl methyl sites for hydroxylation is 2. The normalized spacial score (nSPS) is 15.8. The maximum Gasteiger partial charge on any atom is 0.262 e. The third-order valence-electron chi connectivity index (χ3n) is 5.27. The average molecular weight is 485 g/mol. The second kappa shape index (κ2) is 9.07. The summed E-state index contributed by atoms with van der Waals surface area (Å²) in [5, 5.41) is 0. The van der Waals surface area contributed by atoms with E-state index in [9.17, 15) is 16.8 Å². The zero-order valence-electron chi connectivity index (χ0n) is 18.8. The van der Waals surface area contributed by atoms with Gasteiger partial charge in [-0.25, -0.2) is 16.8 Å². The number of benzene rings is 2. The van der Waals surface area contributed by atoms with Gasteiger partial charge in [0, 0.05) is 18.7 Å². The van der Waals surface area contributed by atoms with Gasteiger partial charge in [-0.15, -0.1) is 0 Å². The van der Waals surface area contributed by atoms with Crippen LogP contribution in [0.3, 0.4) is 0 Å². The van der Waals surface area contributed by atoms with Gasteiger partial charge in [-0.3, -0.25) is 9.03 Å². The van der Waals surface area contributed by atoms with Crippen LogP contribution in [0, 0.1) is 13.8 Å². The average Bonchev–Trinajstić information content (AvgIpc) is 2.71. The Morgan fingerprint density at radius 1 is 0.906 bits per heavy atom. The van der Waals surface area contributed by atoms with Crippen molar-refractivity contribution in [3.05, 3.63) is 35.4 Å². The molecule has 1 aliphatic heterocycles. The Kier molecular flexibility index (Phi) is 6.80. The molecule has 32 heavy (non-hydrogen) atoms. The maximum absolute atomic E-state index is 13.3. The smallest absolute Gasteiger partial charge is 0.262 e. The molecule has 0 aromatic heterocycles. The summed E-state index contributed by atoms with van der Waals surface area (Å²) in [5.74, 6) is 1.05. The molecule has 176 valence electrons. The number of ether oxygens (including phenoxy) is 3. The van der Waals surface area contributed by atoms with Gasteiger partial charge in [-0.2, -0.15) is 0 Å². The van der Waals surface area contributed by atoms with Crippen molar-refractivity contribution in [2.75, 3.05) is 42.7 Å². The van der Waals surface area contributed by atoms with Crippen molar-refractivity contribution in [3.8, 4) is 17.2 Å². The fourth-order valence-corrected chi connectivity index (χ4v) is 7.04. The molecule has 0 saturated carbocycles. The lowest BCUT2D eigenvalue weighted by molar-refractivity contribution is 0.325. The zero-order valence-corrected chi connectivity index (χ0v) is 20.4. The van der Waals surface area contributed by atoms with E-state index >= 15 is 0 Å². The van der Waals surface area contributed by atoms with Crippen LogP contribution in [0.5, 0.6) is 17.2 Å². The van der Waals surface area contributed by atoms with Gasteiger partial charge in [0.1, 0.15) is 0 Å². The van der Waals surface area contributed by atoms with Gasteiger partial charge in [0.2, 0.25) is 15.8 Å². The van der Waals surface area contributed by atoms with Crippen LogP contribution in [0.2, 0.25) is 0 Å². The van der Waals surface area contributed by atoms with Gasteiger partial charge < -0.3 is 14.2 Å². The standard InChI is InChI=1S/C21H28N2O7S2/c1-14-10-17(23-8-6-7-9-31(23,24)25)11-15(2)21(14)32(26,27)22-16-12-18(28-3)20(30-5)19(13-16)29-4/h10-13,22H,6-9H2,1-5H3. The summed E-state index contributed by atoms with van der Waals surface area (Å²) in [5.41, 5.74) is 1.61. The molecule has 1 heterocycles. The second-order valence-corrected chi connectivity index (χ2v) is 11.2. The minimum atomic E-state index is -3.99. The number of hydrogen-bond donors (Lipinski definition) is 1. The quantitative estimate of drug-likeness (QED) is 0.643. The van der Waals surface area contributed by atoms with Crippen LogP contribution >= 0.6 is 0 Å². The number of nitrogens with zero attached hydrogens (tertiary/aromatic N) is 1. The molecule has 0 amide bonds. The summed E-state index contributed by atoms with van der Waals surface area (Å²) in [4.78, 5) is 0.0874. The Bertz CT molecular complexity index is 1180. The van der Waals surface area contributed by atoms with E-state index in [2.05, 4.69) is 4.72 Å². The van der Waals surface area contributed by atoms with Gasteiger partial charge in [0.25, 0.3) is 10.0 Å². The van der Waals surface area contributed by atoms with Crippen molar-refractivity contribution in [1.82, 2.24) is 0 Å². The van der Waals surface area contributed by atoms with E-state index in [-0.39, 0.29) is 16.3 Å². The van der Waals surface area contributed by atoms with Crippen molar-refractivity contribution < 1.29 is 31.0 Å². The van der Waals surface area contributed by atoms with E-state index in [1.807, 2.05) is 0 Å². The third-order valence-corrected chi connectivity index (χ3v) is 8.82. The molecule has 0 atom stereocenters. The summed E-state index contributed by atoms with van der Waals surface area (Å²) in [7, 11) is -3.05. The van der Waals surface area contributed by atoms with Gasteiger partial charge in [-0.05, 0) is 49.9 Å². The highest BCUT2D eigenvalue weighted by Crippen LogP contribution is 2.41. The lowest BCUT2D eigenvalue weighted by Gasteiger charge is -2.29. The predicted octanol–water partition coefficient (Wildman–Crippen LogP) is 3.06. The third kappa shape index (κ3) is 4.58. The molecule has 1 N–H and O–H groups in total. The van der Waals surface area contributed by atoms with Crippen LogP contribution in [0.25, 0.3) is 0 Å². The van der Waals surface area contributed by atoms with Crippen LogP contribution in [0.4, 0.5) is 11.4 Å². The van der Waals surface area contributed by atoms with Crippen molar-refractivity contribution in [2.24, 2.45) is 0 Å². The first-order chi connectivity index (χ1) is 15.0. The van der Waals surface area contributed by atoms with Crippen LogP contribution < -0.4 is 23.2 Å². The molecule has 0 spiro atoms. The van der Waals surface area contributed by atoms with Crippen LogP contribution in [-0.4, -0.2) is 50.5 Å². The highest BCUT2D eigenvalue weighted by atomic mass is 32.2. The van der Waals surface area contributed by atoms with E-state index in [0.29, 0.717) is 47.0 Å². The fraction of sp³-hybridized carbons (Fsp3) is 0.429. The summed E-state index contributed by atoms with van der Waals surface area (Å²) < 4.78 is 71.2. The van der Waals surface area contributed by atoms with Crippen LogP contribution in [-0.2, 0) is 20.0 Å². The first kappa shape index (κ1) is 24.0. The second-order valence-electron chi connectivity index (χ2n) is 7.52. The molecule has 9 nitrogen and oxygen atoms in total. The zero-order chi connectivity index (χ0) is 23.7. The van der Waals surface area contributed by atoms with Crippen molar-refractivity contribution in [1.29, 1.82) is 0 Å². The number of rotatable bonds is 7. The predicted molar refractivity (Wildman–Crippen MR) is 123 cm³/mol. The molecular formula is C21H28N2O7S2. The van der Waals surface area contributed by atoms with Crippen molar-refractivity contribution in [3.63, 3.8) is 0 Å². The molecule has 0 radical (unpaired) electrons. The number of anilines is 2. The van der Waals surface area contributed by atoms with Crippen molar-refractivity contribution >= 4 is 31.4 Å². The van der Waals surface area contributed by atoms with Gasteiger partial charge >= 0.3 is 0 Å². The summed E-state index contributed by atoms with van der Waals surface area (Å²) in [6.07, 6.45) is 1.39. The topological polar surface area (TPSA) is 111 Å². The summed E-state index contributed by atoms with van der Waals surface area (Å²) in [6.45, 7) is 3.69. The largest absolute Gasteiger partial charge is 0.493 e. The molecule has 1 saturated heterocycles. The molecular weight excluding hydrogens is 456 g/mol. The Hall–Kier alpha value is -2.66. The number of hydrogen-bond acceptors (Lipinski definition) is 7. The van der Waals surface area contributed by atoms with Gasteiger partial charge in [-0.1, -0.05) is 0 Å². The van der Waals surface area contributed by atoms with Gasteiger partial charge in [0.15, 0.2) is 11.5 Å². The Balaban J connectivity index is 2.01. The maximum atomic E-state index is 13.3. The first-order valence-electron chi connectivity index (χ1n) is 9.98. The van der Waals surface area contributed by atoms with Crippen molar-refractivity contribution in [2.45, 2.75) is 31.6 Å². The lowest BCUT2D eigenvalue weighted by Crippen LogP contribution is -2.38. The Morgan fingerprint density at radius 2 is 1.47 bits per heavy atom. The highest BCUT2D eigenvalue weighted by Gasteiger charge is 2.29. The number of methoxy groups -OCH3 is 3. The SMILES string of the molecule is COc1cc(NS(=O)(=O)c2c(C)cc(N3CCCCS3(=O)=O)cc2C)cc(OC)c1OC. The molecule has 11 heteroatoms. The summed E-state index contributed by atoms with van der Waals surface area (Å²) in [6, 6.07) is 6.19. The molecule has 2 aromatic carbocycles. The van der Waals surface area contributed by atoms with E-state index in [0.717, 1.165) is 6.42 Å². The minimum absolute atomic E-state index is 0.0874. The monoisotopic (exact) mass is 484 g/mol. The van der Waals surface area contributed by atoms with Crippen LogP contribution in [0.15, 0.2) is 29.2 Å². The highest BCUT2D eigenvalue weighted by molar-refractivity contribution is 7.93. The van der Waals surface area contributed by atoms with E-state index in [4.69, 9.17) is 14.2 Å².